The molecule has 2 N–H and O–H groups in total. The largest absolute Gasteiger partial charge is 0.485 e. The highest BCUT2D eigenvalue weighted by Crippen LogP contribution is 2.42. The summed E-state index contributed by atoms with van der Waals surface area (Å²) in [5.74, 6) is -0.381. The van der Waals surface area contributed by atoms with Crippen LogP contribution in [-0.4, -0.2) is 45.4 Å². The minimum atomic E-state index is -1.02. The van der Waals surface area contributed by atoms with Crippen molar-refractivity contribution in [3.8, 4) is 5.75 Å². The topological polar surface area (TPSA) is 82.6 Å². The lowest BCUT2D eigenvalue weighted by molar-refractivity contribution is -0.131. The van der Waals surface area contributed by atoms with Crippen molar-refractivity contribution in [3.05, 3.63) is 71.4 Å². The van der Waals surface area contributed by atoms with Crippen molar-refractivity contribution in [2.75, 3.05) is 13.1 Å². The molecular formula is C25H24N2O4. The molecule has 1 fully saturated rings. The van der Waals surface area contributed by atoms with Crippen LogP contribution in [0.15, 0.2) is 54.7 Å². The Hall–Kier alpha value is -3.38. The molecule has 2 aliphatic rings. The number of nitrogens with one attached hydrogen (secondary N) is 1. The number of ether oxygens (including phenoxy) is 1. The molecule has 0 saturated carbocycles. The second-order valence-corrected chi connectivity index (χ2v) is 8.50. The zero-order chi connectivity index (χ0) is 21.6. The molecule has 2 unspecified atom stereocenters. The summed E-state index contributed by atoms with van der Waals surface area (Å²) >= 11 is 0. The molecule has 158 valence electrons. The molecule has 2 aromatic carbocycles. The van der Waals surface area contributed by atoms with E-state index in [2.05, 4.69) is 41.2 Å². The Kier molecular flexibility index (Phi) is 4.67. The summed E-state index contributed by atoms with van der Waals surface area (Å²) in [5.41, 5.74) is 3.08. The number of carbonyl (C=O) groups excluding carboxylic acids is 1. The van der Waals surface area contributed by atoms with Gasteiger partial charge in [0.2, 0.25) is 0 Å². The third kappa shape index (κ3) is 3.53. The van der Waals surface area contributed by atoms with Gasteiger partial charge in [-0.3, -0.25) is 9.69 Å². The van der Waals surface area contributed by atoms with Crippen molar-refractivity contribution in [1.82, 2.24) is 9.88 Å². The second-order valence-electron chi connectivity index (χ2n) is 8.50. The number of nitrogens with zero attached hydrogens (tertiary/aromatic N) is 1. The van der Waals surface area contributed by atoms with Crippen LogP contribution >= 0.6 is 0 Å². The van der Waals surface area contributed by atoms with Gasteiger partial charge < -0.3 is 14.8 Å². The van der Waals surface area contributed by atoms with Crippen molar-refractivity contribution in [3.63, 3.8) is 0 Å². The highest BCUT2D eigenvalue weighted by atomic mass is 16.5. The zero-order valence-corrected chi connectivity index (χ0v) is 17.3. The normalized spacial score (nSPS) is 22.2. The Morgan fingerprint density at radius 1 is 1.29 bits per heavy atom. The molecular weight excluding hydrogens is 392 g/mol. The number of Topliss-reactive ketones (excluding diaryl/α,β-unsaturated/α-hetero) is 1. The molecule has 3 aromatic rings. The summed E-state index contributed by atoms with van der Waals surface area (Å²) in [4.78, 5) is 29.5. The van der Waals surface area contributed by atoms with E-state index in [4.69, 9.17) is 9.84 Å². The first kappa shape index (κ1) is 19.6. The van der Waals surface area contributed by atoms with Gasteiger partial charge in [-0.2, -0.15) is 0 Å². The van der Waals surface area contributed by atoms with Gasteiger partial charge in [-0.05, 0) is 42.3 Å². The van der Waals surface area contributed by atoms with Crippen LogP contribution in [0.3, 0.4) is 0 Å². The highest BCUT2D eigenvalue weighted by molar-refractivity contribution is 6.01. The molecule has 6 heteroatoms. The number of likely N-dealkylation sites (tertiary alicyclic amines) is 1. The molecule has 0 bridgehead atoms. The van der Waals surface area contributed by atoms with E-state index in [9.17, 15) is 9.59 Å². The molecule has 1 aromatic heterocycles. The number of para-hydroxylation sites is 1. The first-order valence-electron chi connectivity index (χ1n) is 10.5. The van der Waals surface area contributed by atoms with E-state index in [1.54, 1.807) is 18.2 Å². The fourth-order valence-electron chi connectivity index (χ4n) is 4.85. The van der Waals surface area contributed by atoms with Gasteiger partial charge in [-0.15, -0.1) is 0 Å². The van der Waals surface area contributed by atoms with Gasteiger partial charge in [0.1, 0.15) is 11.4 Å². The molecule has 2 aliphatic heterocycles. The highest BCUT2D eigenvalue weighted by Gasteiger charge is 2.46. The van der Waals surface area contributed by atoms with Gasteiger partial charge in [0, 0.05) is 48.7 Å². The molecule has 2 atom stereocenters. The quantitative estimate of drug-likeness (QED) is 0.615. The van der Waals surface area contributed by atoms with Crippen molar-refractivity contribution in [2.24, 2.45) is 0 Å². The lowest BCUT2D eigenvalue weighted by Gasteiger charge is -2.35. The molecule has 1 spiro atoms. The molecule has 1 saturated heterocycles. The molecule has 6 nitrogen and oxygen atoms in total. The predicted octanol–water partition coefficient (Wildman–Crippen LogP) is 4.44. The van der Waals surface area contributed by atoms with E-state index < -0.39 is 11.6 Å². The van der Waals surface area contributed by atoms with Gasteiger partial charge in [0.05, 0.1) is 12.0 Å². The van der Waals surface area contributed by atoms with Crippen LogP contribution in [0.2, 0.25) is 0 Å². The first-order valence-corrected chi connectivity index (χ1v) is 10.5. The van der Waals surface area contributed by atoms with Gasteiger partial charge in [0.25, 0.3) is 0 Å². The molecule has 0 amide bonds. The van der Waals surface area contributed by atoms with E-state index in [-0.39, 0.29) is 11.8 Å². The lowest BCUT2D eigenvalue weighted by atomic mass is 9.88. The smallest absolute Gasteiger partial charge is 0.328 e. The number of ketones is 1. The van der Waals surface area contributed by atoms with Crippen LogP contribution in [-0.2, 0) is 4.79 Å². The average molecular weight is 416 g/mol. The number of carboxylic acids is 1. The van der Waals surface area contributed by atoms with E-state index in [0.29, 0.717) is 29.8 Å². The number of hydrogen-bond donors (Lipinski definition) is 2. The summed E-state index contributed by atoms with van der Waals surface area (Å²) in [6.07, 6.45) is 5.77. The van der Waals surface area contributed by atoms with Crippen LogP contribution in [0, 0.1) is 0 Å². The number of rotatable bonds is 4. The van der Waals surface area contributed by atoms with Gasteiger partial charge in [-0.25, -0.2) is 4.79 Å². The number of aromatic amines is 1. The number of carboxylic acid groups (broad SMARTS) is 1. The first-order chi connectivity index (χ1) is 14.9. The Morgan fingerprint density at radius 3 is 2.97 bits per heavy atom. The summed E-state index contributed by atoms with van der Waals surface area (Å²) in [6.45, 7) is 3.76. The molecule has 31 heavy (non-hydrogen) atoms. The molecule has 3 heterocycles. The van der Waals surface area contributed by atoms with Crippen molar-refractivity contribution >= 4 is 28.7 Å². The lowest BCUT2D eigenvalue weighted by Crippen LogP contribution is -2.44. The number of aliphatic carboxylic acids is 1. The monoisotopic (exact) mass is 416 g/mol. The second kappa shape index (κ2) is 7.39. The molecule has 0 aliphatic carbocycles. The molecule has 0 radical (unpaired) electrons. The average Bonchev–Trinajstić information content (AvgIpc) is 3.36. The van der Waals surface area contributed by atoms with Gasteiger partial charge >= 0.3 is 5.97 Å². The fraction of sp³-hybridized carbons (Fsp3) is 0.280. The number of fused-ring (bicyclic) bond motifs is 2. The number of H-pyrrole nitrogens is 1. The number of hydrogen-bond acceptors (Lipinski definition) is 4. The van der Waals surface area contributed by atoms with E-state index in [0.717, 1.165) is 24.6 Å². The van der Waals surface area contributed by atoms with Crippen molar-refractivity contribution in [2.45, 2.75) is 31.4 Å². The van der Waals surface area contributed by atoms with Gasteiger partial charge in [-0.1, -0.05) is 24.3 Å². The summed E-state index contributed by atoms with van der Waals surface area (Å²) in [6, 6.07) is 13.8. The standard InChI is InChI=1S/C25H24N2O4/c1-16(20-14-26-21-5-3-2-4-18(20)21)27-11-10-25(15-27)13-22(28)19-12-17(7-9-24(29)30)6-8-23(19)31-25/h2-9,12,14,16,26H,10-11,13,15H2,1H3,(H,29,30). The third-order valence-electron chi connectivity index (χ3n) is 6.50. The number of benzene rings is 2. The van der Waals surface area contributed by atoms with E-state index >= 15 is 0 Å². The minimum Gasteiger partial charge on any atom is -0.485 e. The number of aromatic nitrogens is 1. The summed E-state index contributed by atoms with van der Waals surface area (Å²) < 4.78 is 6.41. The Balaban J connectivity index is 1.37. The van der Waals surface area contributed by atoms with Crippen molar-refractivity contribution in [1.29, 1.82) is 0 Å². The maximum atomic E-state index is 13.0. The minimum absolute atomic E-state index is 0.0495. The summed E-state index contributed by atoms with van der Waals surface area (Å²) in [7, 11) is 0. The van der Waals surface area contributed by atoms with E-state index in [1.165, 1.54) is 17.0 Å². The van der Waals surface area contributed by atoms with Crippen LogP contribution in [0.1, 0.15) is 47.3 Å². The maximum absolute atomic E-state index is 13.0. The van der Waals surface area contributed by atoms with Crippen LogP contribution in [0.4, 0.5) is 0 Å². The van der Waals surface area contributed by atoms with Crippen LogP contribution < -0.4 is 4.74 Å². The maximum Gasteiger partial charge on any atom is 0.328 e. The SMILES string of the molecule is CC(c1c[nH]c2ccccc12)N1CCC2(CC(=O)c3cc(C=CC(=O)O)ccc3O2)C1. The van der Waals surface area contributed by atoms with Crippen LogP contribution in [0.25, 0.3) is 17.0 Å². The Labute approximate surface area is 180 Å². The van der Waals surface area contributed by atoms with Crippen molar-refractivity contribution < 1.29 is 19.4 Å². The Morgan fingerprint density at radius 2 is 2.13 bits per heavy atom. The zero-order valence-electron chi connectivity index (χ0n) is 17.3. The summed E-state index contributed by atoms with van der Waals surface area (Å²) in [5, 5.41) is 10.0. The molecule has 5 rings (SSSR count). The predicted molar refractivity (Wildman–Crippen MR) is 118 cm³/mol. The Bertz CT molecular complexity index is 1210. The number of carbonyl (C=O) groups is 2. The fourth-order valence-corrected chi connectivity index (χ4v) is 4.85. The third-order valence-corrected chi connectivity index (χ3v) is 6.50. The van der Waals surface area contributed by atoms with Crippen LogP contribution in [0.5, 0.6) is 5.75 Å². The van der Waals surface area contributed by atoms with E-state index in [1.807, 2.05) is 6.07 Å². The van der Waals surface area contributed by atoms with Gasteiger partial charge in [0.15, 0.2) is 5.78 Å².